The standard InChI is InChI=1S/C12H25N3O3S/c1-4-5-14-11(16)12(2,3)10-19(17,18)15-8-6-13-7-9-15/h13H,4-10H2,1-3H3,(H,14,16). The number of carbonyl (C=O) groups excluding carboxylic acids is 1. The van der Waals surface area contributed by atoms with Gasteiger partial charge in [0.25, 0.3) is 0 Å². The van der Waals surface area contributed by atoms with Gasteiger partial charge in [-0.2, -0.15) is 4.31 Å². The summed E-state index contributed by atoms with van der Waals surface area (Å²) in [7, 11) is -3.38. The van der Waals surface area contributed by atoms with Gasteiger partial charge < -0.3 is 10.6 Å². The van der Waals surface area contributed by atoms with E-state index in [0.29, 0.717) is 32.7 Å². The first-order valence-electron chi connectivity index (χ1n) is 6.76. The van der Waals surface area contributed by atoms with Crippen molar-refractivity contribution < 1.29 is 13.2 Å². The van der Waals surface area contributed by atoms with Gasteiger partial charge >= 0.3 is 0 Å². The fourth-order valence-corrected chi connectivity index (χ4v) is 3.98. The summed E-state index contributed by atoms with van der Waals surface area (Å²) >= 11 is 0. The maximum atomic E-state index is 12.3. The molecule has 1 saturated heterocycles. The van der Waals surface area contributed by atoms with Crippen LogP contribution in [0.1, 0.15) is 27.2 Å². The summed E-state index contributed by atoms with van der Waals surface area (Å²) in [6, 6.07) is 0. The highest BCUT2D eigenvalue weighted by molar-refractivity contribution is 7.89. The summed E-state index contributed by atoms with van der Waals surface area (Å²) < 4.78 is 26.1. The summed E-state index contributed by atoms with van der Waals surface area (Å²) in [4.78, 5) is 12.0. The van der Waals surface area contributed by atoms with E-state index < -0.39 is 15.4 Å². The average Bonchev–Trinajstić information content (AvgIpc) is 2.35. The molecule has 1 amide bonds. The molecule has 0 atom stereocenters. The van der Waals surface area contributed by atoms with Gasteiger partial charge in [0, 0.05) is 32.7 Å². The minimum atomic E-state index is -3.38. The van der Waals surface area contributed by atoms with Crippen molar-refractivity contribution >= 4 is 15.9 Å². The van der Waals surface area contributed by atoms with E-state index in [0.717, 1.165) is 6.42 Å². The predicted octanol–water partition coefficient (Wildman–Crippen LogP) is -0.226. The van der Waals surface area contributed by atoms with Crippen LogP contribution in [0.2, 0.25) is 0 Å². The number of hydrogen-bond donors (Lipinski definition) is 2. The Balaban J connectivity index is 2.67. The Morgan fingerprint density at radius 2 is 1.89 bits per heavy atom. The Labute approximate surface area is 116 Å². The van der Waals surface area contributed by atoms with Crippen LogP contribution in [0.25, 0.3) is 0 Å². The van der Waals surface area contributed by atoms with Crippen molar-refractivity contribution in [3.8, 4) is 0 Å². The SMILES string of the molecule is CCCNC(=O)C(C)(C)CS(=O)(=O)N1CCNCC1. The Hall–Kier alpha value is -0.660. The maximum Gasteiger partial charge on any atom is 0.226 e. The zero-order valence-electron chi connectivity index (χ0n) is 12.0. The summed E-state index contributed by atoms with van der Waals surface area (Å²) in [5.41, 5.74) is -0.904. The lowest BCUT2D eigenvalue weighted by atomic mass is 9.95. The van der Waals surface area contributed by atoms with Crippen LogP contribution in [0.4, 0.5) is 0 Å². The zero-order valence-corrected chi connectivity index (χ0v) is 12.8. The molecule has 7 heteroatoms. The minimum Gasteiger partial charge on any atom is -0.356 e. The van der Waals surface area contributed by atoms with Gasteiger partial charge in [-0.15, -0.1) is 0 Å². The fraction of sp³-hybridized carbons (Fsp3) is 0.917. The maximum absolute atomic E-state index is 12.3. The van der Waals surface area contributed by atoms with Crippen molar-refractivity contribution in [3.05, 3.63) is 0 Å². The molecule has 1 rings (SSSR count). The summed E-state index contributed by atoms with van der Waals surface area (Å²) in [5.74, 6) is -0.344. The van der Waals surface area contributed by atoms with Crippen LogP contribution in [0.5, 0.6) is 0 Å². The monoisotopic (exact) mass is 291 g/mol. The van der Waals surface area contributed by atoms with Crippen molar-refractivity contribution in [2.45, 2.75) is 27.2 Å². The van der Waals surface area contributed by atoms with Crippen LogP contribution in [-0.2, 0) is 14.8 Å². The quantitative estimate of drug-likeness (QED) is 0.709. The molecule has 0 unspecified atom stereocenters. The molecular formula is C12H25N3O3S. The van der Waals surface area contributed by atoms with Crippen LogP contribution >= 0.6 is 0 Å². The third kappa shape index (κ3) is 4.74. The Bertz CT molecular complexity index is 400. The van der Waals surface area contributed by atoms with E-state index in [1.807, 2.05) is 6.92 Å². The number of rotatable bonds is 6. The van der Waals surface area contributed by atoms with E-state index in [9.17, 15) is 13.2 Å². The lowest BCUT2D eigenvalue weighted by Crippen LogP contribution is -2.50. The van der Waals surface area contributed by atoms with Gasteiger partial charge in [0.1, 0.15) is 0 Å². The normalized spacial score (nSPS) is 18.3. The van der Waals surface area contributed by atoms with E-state index >= 15 is 0 Å². The summed E-state index contributed by atoms with van der Waals surface area (Å²) in [6.45, 7) is 8.20. The molecule has 0 spiro atoms. The van der Waals surface area contributed by atoms with Crippen molar-refractivity contribution in [2.24, 2.45) is 5.41 Å². The van der Waals surface area contributed by atoms with Gasteiger partial charge in [-0.25, -0.2) is 8.42 Å². The Morgan fingerprint density at radius 1 is 1.32 bits per heavy atom. The highest BCUT2D eigenvalue weighted by atomic mass is 32.2. The molecule has 1 heterocycles. The molecule has 0 radical (unpaired) electrons. The molecule has 0 aromatic carbocycles. The zero-order chi connectivity index (χ0) is 14.5. The molecule has 1 aliphatic heterocycles. The van der Waals surface area contributed by atoms with Gasteiger partial charge in [-0.05, 0) is 20.3 Å². The molecule has 2 N–H and O–H groups in total. The minimum absolute atomic E-state index is 0.143. The van der Waals surface area contributed by atoms with Gasteiger partial charge in [0.05, 0.1) is 11.2 Å². The highest BCUT2D eigenvalue weighted by Gasteiger charge is 2.36. The van der Waals surface area contributed by atoms with Gasteiger partial charge in [0.15, 0.2) is 0 Å². The molecule has 0 saturated carbocycles. The lowest BCUT2D eigenvalue weighted by Gasteiger charge is -2.30. The van der Waals surface area contributed by atoms with Crippen LogP contribution in [0.3, 0.4) is 0 Å². The third-order valence-electron chi connectivity index (χ3n) is 3.16. The number of nitrogens with zero attached hydrogens (tertiary/aromatic N) is 1. The molecule has 112 valence electrons. The molecule has 1 fully saturated rings. The number of amides is 1. The van der Waals surface area contributed by atoms with Crippen molar-refractivity contribution in [1.29, 1.82) is 0 Å². The molecule has 0 bridgehead atoms. The Morgan fingerprint density at radius 3 is 2.42 bits per heavy atom. The van der Waals surface area contributed by atoms with Gasteiger partial charge in [-0.1, -0.05) is 6.92 Å². The highest BCUT2D eigenvalue weighted by Crippen LogP contribution is 2.20. The topological polar surface area (TPSA) is 78.5 Å². The molecule has 0 aromatic heterocycles. The predicted molar refractivity (Wildman–Crippen MR) is 75.3 cm³/mol. The number of carbonyl (C=O) groups is 1. The van der Waals surface area contributed by atoms with Crippen molar-refractivity contribution in [3.63, 3.8) is 0 Å². The first-order chi connectivity index (χ1) is 8.79. The van der Waals surface area contributed by atoms with Crippen LogP contribution < -0.4 is 10.6 Å². The van der Waals surface area contributed by atoms with Crippen molar-refractivity contribution in [2.75, 3.05) is 38.5 Å². The summed E-state index contributed by atoms with van der Waals surface area (Å²) in [5, 5.41) is 5.88. The molecule has 19 heavy (non-hydrogen) atoms. The molecule has 6 nitrogen and oxygen atoms in total. The Kier molecular flexibility index (Phi) is 5.76. The van der Waals surface area contributed by atoms with Crippen LogP contribution in [-0.4, -0.2) is 57.1 Å². The van der Waals surface area contributed by atoms with E-state index in [-0.39, 0.29) is 11.7 Å². The number of nitrogens with one attached hydrogen (secondary N) is 2. The second-order valence-electron chi connectivity index (χ2n) is 5.55. The molecule has 0 aliphatic carbocycles. The van der Waals surface area contributed by atoms with E-state index in [1.165, 1.54) is 4.31 Å². The lowest BCUT2D eigenvalue weighted by molar-refractivity contribution is -0.128. The second-order valence-corrected chi connectivity index (χ2v) is 7.51. The van der Waals surface area contributed by atoms with Gasteiger partial charge in [-0.3, -0.25) is 4.79 Å². The largest absolute Gasteiger partial charge is 0.356 e. The third-order valence-corrected chi connectivity index (χ3v) is 5.40. The summed E-state index contributed by atoms with van der Waals surface area (Å²) in [6.07, 6.45) is 0.840. The molecule has 1 aliphatic rings. The van der Waals surface area contributed by atoms with Gasteiger partial charge in [0.2, 0.25) is 15.9 Å². The number of sulfonamides is 1. The first kappa shape index (κ1) is 16.4. The van der Waals surface area contributed by atoms with Crippen LogP contribution in [0, 0.1) is 5.41 Å². The molecular weight excluding hydrogens is 266 g/mol. The van der Waals surface area contributed by atoms with E-state index in [4.69, 9.17) is 0 Å². The number of hydrogen-bond acceptors (Lipinski definition) is 4. The first-order valence-corrected chi connectivity index (χ1v) is 8.37. The second kappa shape index (κ2) is 6.67. The van der Waals surface area contributed by atoms with Crippen molar-refractivity contribution in [1.82, 2.24) is 14.9 Å². The van der Waals surface area contributed by atoms with Crippen LogP contribution in [0.15, 0.2) is 0 Å². The average molecular weight is 291 g/mol. The van der Waals surface area contributed by atoms with E-state index in [1.54, 1.807) is 13.8 Å². The smallest absolute Gasteiger partial charge is 0.226 e. The fourth-order valence-electron chi connectivity index (χ4n) is 2.01. The molecule has 0 aromatic rings. The van der Waals surface area contributed by atoms with E-state index in [2.05, 4.69) is 10.6 Å². The number of piperazine rings is 1.